The molecule has 0 radical (unpaired) electrons. The molecule has 1 aliphatic rings. The summed E-state index contributed by atoms with van der Waals surface area (Å²) in [6.07, 6.45) is 3.76. The molecule has 1 saturated carbocycles. The van der Waals surface area contributed by atoms with Crippen LogP contribution in [0.3, 0.4) is 0 Å². The molecule has 0 bridgehead atoms. The zero-order valence-electron chi connectivity index (χ0n) is 12.0. The highest BCUT2D eigenvalue weighted by Gasteiger charge is 2.37. The zero-order chi connectivity index (χ0) is 14.8. The number of rotatable bonds is 7. The Morgan fingerprint density at radius 2 is 2.10 bits per heavy atom. The lowest BCUT2D eigenvalue weighted by atomic mass is 10.3. The molecule has 2 rings (SSSR count). The Morgan fingerprint density at radius 1 is 1.40 bits per heavy atom. The summed E-state index contributed by atoms with van der Waals surface area (Å²) in [6.45, 7) is 2.64. The van der Waals surface area contributed by atoms with Gasteiger partial charge < -0.3 is 10.5 Å². The second-order valence-electron chi connectivity index (χ2n) is 5.10. The average molecular weight is 298 g/mol. The number of unbranched alkanes of at least 4 members (excludes halogenated alkanes) is 1. The molecule has 0 aromatic heterocycles. The number of benzene rings is 1. The van der Waals surface area contributed by atoms with E-state index in [-0.39, 0.29) is 10.9 Å². The lowest BCUT2D eigenvalue weighted by Crippen LogP contribution is -2.34. The first-order chi connectivity index (χ1) is 9.50. The summed E-state index contributed by atoms with van der Waals surface area (Å²) >= 11 is 0. The van der Waals surface area contributed by atoms with Gasteiger partial charge in [-0.3, -0.25) is 0 Å². The SMILES string of the molecule is CCCCN(C1CC1)S(=O)(=O)c1ccc(OC)c(N)c1. The van der Waals surface area contributed by atoms with Crippen LogP contribution in [0.25, 0.3) is 0 Å². The van der Waals surface area contributed by atoms with E-state index < -0.39 is 10.0 Å². The summed E-state index contributed by atoms with van der Waals surface area (Å²) in [5.41, 5.74) is 6.16. The lowest BCUT2D eigenvalue weighted by molar-refractivity contribution is 0.395. The van der Waals surface area contributed by atoms with Crippen molar-refractivity contribution in [3.8, 4) is 5.75 Å². The molecule has 1 fully saturated rings. The van der Waals surface area contributed by atoms with Crippen LogP contribution in [-0.2, 0) is 10.0 Å². The van der Waals surface area contributed by atoms with Crippen LogP contribution >= 0.6 is 0 Å². The third-order valence-electron chi connectivity index (χ3n) is 3.49. The fraction of sp³-hybridized carbons (Fsp3) is 0.571. The van der Waals surface area contributed by atoms with Gasteiger partial charge in [0, 0.05) is 12.6 Å². The number of nitrogens with two attached hydrogens (primary N) is 1. The van der Waals surface area contributed by atoms with Crippen molar-refractivity contribution in [2.45, 2.75) is 43.5 Å². The molecule has 0 aliphatic heterocycles. The molecule has 1 aromatic carbocycles. The molecule has 0 atom stereocenters. The number of ether oxygens (including phenoxy) is 1. The van der Waals surface area contributed by atoms with Crippen molar-refractivity contribution in [3.63, 3.8) is 0 Å². The van der Waals surface area contributed by atoms with Crippen molar-refractivity contribution in [2.75, 3.05) is 19.4 Å². The van der Waals surface area contributed by atoms with Gasteiger partial charge in [-0.15, -0.1) is 0 Å². The molecule has 1 aromatic rings. The van der Waals surface area contributed by atoms with Gasteiger partial charge >= 0.3 is 0 Å². The van der Waals surface area contributed by atoms with Crippen LogP contribution in [0.5, 0.6) is 5.75 Å². The summed E-state index contributed by atoms with van der Waals surface area (Å²) in [5, 5.41) is 0. The Morgan fingerprint density at radius 3 is 2.60 bits per heavy atom. The van der Waals surface area contributed by atoms with E-state index in [1.54, 1.807) is 16.4 Å². The van der Waals surface area contributed by atoms with Crippen molar-refractivity contribution in [2.24, 2.45) is 0 Å². The standard InChI is InChI=1S/C14H22N2O3S/c1-3-4-9-16(11-5-6-11)20(17,18)12-7-8-14(19-2)13(15)10-12/h7-8,10-11H,3-6,9,15H2,1-2H3. The maximum Gasteiger partial charge on any atom is 0.243 e. The topological polar surface area (TPSA) is 72.6 Å². The third-order valence-corrected chi connectivity index (χ3v) is 5.44. The molecule has 112 valence electrons. The lowest BCUT2D eigenvalue weighted by Gasteiger charge is -2.22. The van der Waals surface area contributed by atoms with Crippen LogP contribution in [0.2, 0.25) is 0 Å². The van der Waals surface area contributed by atoms with E-state index in [1.165, 1.54) is 13.2 Å². The van der Waals surface area contributed by atoms with Gasteiger partial charge in [0.25, 0.3) is 0 Å². The number of nitrogen functional groups attached to an aromatic ring is 1. The maximum absolute atomic E-state index is 12.7. The Bertz CT molecular complexity index is 568. The van der Waals surface area contributed by atoms with Crippen molar-refractivity contribution in [3.05, 3.63) is 18.2 Å². The van der Waals surface area contributed by atoms with Gasteiger partial charge in [-0.05, 0) is 37.5 Å². The van der Waals surface area contributed by atoms with Gasteiger partial charge in [0.05, 0.1) is 17.7 Å². The zero-order valence-corrected chi connectivity index (χ0v) is 12.8. The smallest absolute Gasteiger partial charge is 0.243 e. The minimum absolute atomic E-state index is 0.162. The van der Waals surface area contributed by atoms with Gasteiger partial charge in [-0.2, -0.15) is 4.31 Å². The predicted octanol–water partition coefficient (Wildman–Crippen LogP) is 2.23. The number of nitrogens with zero attached hydrogens (tertiary/aromatic N) is 1. The van der Waals surface area contributed by atoms with Gasteiger partial charge in [0.2, 0.25) is 10.0 Å². The second kappa shape index (κ2) is 6.01. The molecule has 6 heteroatoms. The van der Waals surface area contributed by atoms with Crippen molar-refractivity contribution in [1.82, 2.24) is 4.31 Å². The van der Waals surface area contributed by atoms with E-state index in [4.69, 9.17) is 10.5 Å². The first kappa shape index (κ1) is 15.1. The number of methoxy groups -OCH3 is 1. The van der Waals surface area contributed by atoms with Crippen LogP contribution in [0.1, 0.15) is 32.6 Å². The molecule has 0 heterocycles. The molecule has 0 spiro atoms. The molecular weight excluding hydrogens is 276 g/mol. The number of anilines is 1. The van der Waals surface area contributed by atoms with Gasteiger partial charge in [-0.1, -0.05) is 13.3 Å². The molecule has 2 N–H and O–H groups in total. The number of sulfonamides is 1. The fourth-order valence-corrected chi connectivity index (χ4v) is 3.94. The molecule has 0 amide bonds. The van der Waals surface area contributed by atoms with E-state index in [1.807, 2.05) is 0 Å². The van der Waals surface area contributed by atoms with Crippen LogP contribution in [0.15, 0.2) is 23.1 Å². The average Bonchev–Trinajstić information content (AvgIpc) is 3.23. The second-order valence-corrected chi connectivity index (χ2v) is 6.99. The van der Waals surface area contributed by atoms with Gasteiger partial charge in [0.15, 0.2) is 0 Å². The van der Waals surface area contributed by atoms with Gasteiger partial charge in [-0.25, -0.2) is 8.42 Å². The van der Waals surface area contributed by atoms with E-state index >= 15 is 0 Å². The Balaban J connectivity index is 2.29. The monoisotopic (exact) mass is 298 g/mol. The fourth-order valence-electron chi connectivity index (χ4n) is 2.18. The summed E-state index contributed by atoms with van der Waals surface area (Å²) in [5.74, 6) is 0.496. The Labute approximate surface area is 120 Å². The van der Waals surface area contributed by atoms with Crippen LogP contribution < -0.4 is 10.5 Å². The van der Waals surface area contributed by atoms with Gasteiger partial charge in [0.1, 0.15) is 5.75 Å². The molecule has 5 nitrogen and oxygen atoms in total. The highest BCUT2D eigenvalue weighted by Crippen LogP contribution is 2.34. The normalized spacial score (nSPS) is 15.6. The minimum Gasteiger partial charge on any atom is -0.495 e. The van der Waals surface area contributed by atoms with Crippen LogP contribution in [-0.4, -0.2) is 32.4 Å². The Kier molecular flexibility index (Phi) is 4.55. The summed E-state index contributed by atoms with van der Waals surface area (Å²) < 4.78 is 32.1. The molecule has 0 saturated heterocycles. The minimum atomic E-state index is -3.46. The van der Waals surface area contributed by atoms with E-state index in [0.29, 0.717) is 18.0 Å². The molecule has 20 heavy (non-hydrogen) atoms. The van der Waals surface area contributed by atoms with Crippen LogP contribution in [0, 0.1) is 0 Å². The van der Waals surface area contributed by atoms with Crippen molar-refractivity contribution >= 4 is 15.7 Å². The van der Waals surface area contributed by atoms with Crippen molar-refractivity contribution in [1.29, 1.82) is 0 Å². The quantitative estimate of drug-likeness (QED) is 0.783. The third kappa shape index (κ3) is 3.07. The first-order valence-electron chi connectivity index (χ1n) is 6.96. The highest BCUT2D eigenvalue weighted by molar-refractivity contribution is 7.89. The maximum atomic E-state index is 12.7. The van der Waals surface area contributed by atoms with E-state index in [9.17, 15) is 8.42 Å². The van der Waals surface area contributed by atoms with Crippen molar-refractivity contribution < 1.29 is 13.2 Å². The highest BCUT2D eigenvalue weighted by atomic mass is 32.2. The predicted molar refractivity (Wildman–Crippen MR) is 79.2 cm³/mol. The molecule has 1 aliphatic carbocycles. The van der Waals surface area contributed by atoms with E-state index in [2.05, 4.69) is 6.92 Å². The Hall–Kier alpha value is -1.27. The summed E-state index contributed by atoms with van der Waals surface area (Å²) in [4.78, 5) is 0.249. The first-order valence-corrected chi connectivity index (χ1v) is 8.40. The van der Waals surface area contributed by atoms with Crippen LogP contribution in [0.4, 0.5) is 5.69 Å². The molecular formula is C14H22N2O3S. The summed E-state index contributed by atoms with van der Waals surface area (Å²) in [6, 6.07) is 4.81. The largest absolute Gasteiger partial charge is 0.495 e. The number of hydrogen-bond acceptors (Lipinski definition) is 4. The molecule has 0 unspecified atom stereocenters. The number of hydrogen-bond donors (Lipinski definition) is 1. The van der Waals surface area contributed by atoms with E-state index in [0.717, 1.165) is 25.7 Å². The summed E-state index contributed by atoms with van der Waals surface area (Å²) in [7, 11) is -1.95.